The zero-order valence-corrected chi connectivity index (χ0v) is 17.2. The molecule has 1 aromatic carbocycles. The fourth-order valence-electron chi connectivity index (χ4n) is 3.47. The zero-order valence-electron chi connectivity index (χ0n) is 15.6. The first-order chi connectivity index (χ1) is 13.6. The highest BCUT2D eigenvalue weighted by Gasteiger charge is 2.23. The lowest BCUT2D eigenvalue weighted by molar-refractivity contribution is 0.103. The number of fused-ring (bicyclic) bond motifs is 1. The molecule has 1 aliphatic carbocycles. The average molecular weight is 418 g/mol. The first kappa shape index (κ1) is 19.2. The van der Waals surface area contributed by atoms with Crippen molar-refractivity contribution in [3.05, 3.63) is 35.2 Å². The van der Waals surface area contributed by atoms with E-state index in [4.69, 9.17) is 4.74 Å². The summed E-state index contributed by atoms with van der Waals surface area (Å²) in [5.41, 5.74) is 0.716. The van der Waals surface area contributed by atoms with E-state index in [2.05, 4.69) is 15.6 Å². The van der Waals surface area contributed by atoms with E-state index in [0.29, 0.717) is 21.6 Å². The lowest BCUT2D eigenvalue weighted by atomic mass is 9.88. The number of nitrogens with zero attached hydrogens (tertiary/aromatic N) is 1. The van der Waals surface area contributed by atoms with Crippen molar-refractivity contribution >= 4 is 48.9 Å². The molecule has 3 N–H and O–H groups in total. The Morgan fingerprint density at radius 2 is 1.96 bits per heavy atom. The van der Waals surface area contributed by atoms with Gasteiger partial charge in [0.15, 0.2) is 5.13 Å². The number of benzene rings is 1. The van der Waals surface area contributed by atoms with Crippen molar-refractivity contribution in [3.63, 3.8) is 0 Å². The van der Waals surface area contributed by atoms with E-state index >= 15 is 0 Å². The molecule has 1 fully saturated rings. The van der Waals surface area contributed by atoms with Crippen LogP contribution in [-0.4, -0.2) is 29.3 Å². The summed E-state index contributed by atoms with van der Waals surface area (Å²) in [4.78, 5) is 18.5. The van der Waals surface area contributed by atoms with Gasteiger partial charge in [0.05, 0.1) is 16.7 Å². The maximum Gasteiger partial charge on any atom is 0.265 e. The van der Waals surface area contributed by atoms with Gasteiger partial charge in [-0.15, -0.1) is 11.3 Å². The lowest BCUT2D eigenvalue weighted by Crippen LogP contribution is -2.30. The highest BCUT2D eigenvalue weighted by molar-refractivity contribution is 7.29. The maximum atomic E-state index is 12.5. The summed E-state index contributed by atoms with van der Waals surface area (Å²) in [6.45, 7) is 0. The van der Waals surface area contributed by atoms with Crippen LogP contribution in [0.2, 0.25) is 0 Å². The molecule has 8 heteroatoms. The molecule has 2 aromatic heterocycles. The predicted octanol–water partition coefficient (Wildman–Crippen LogP) is 4.93. The number of thiazole rings is 1. The SMILES string of the molecule is COc1ccc(NC(=O)c2cc3sc(NC(O)C4CCCCC4)nc3s2)cc1. The van der Waals surface area contributed by atoms with E-state index in [9.17, 15) is 9.90 Å². The van der Waals surface area contributed by atoms with Crippen LogP contribution >= 0.6 is 22.7 Å². The molecule has 4 rings (SSSR count). The second-order valence-electron chi connectivity index (χ2n) is 6.97. The van der Waals surface area contributed by atoms with Crippen LogP contribution in [0, 0.1) is 5.92 Å². The van der Waals surface area contributed by atoms with Gasteiger partial charge in [-0.3, -0.25) is 4.79 Å². The molecule has 0 radical (unpaired) electrons. The summed E-state index contributed by atoms with van der Waals surface area (Å²) in [5, 5.41) is 17.2. The van der Waals surface area contributed by atoms with Gasteiger partial charge in [0, 0.05) is 11.6 Å². The van der Waals surface area contributed by atoms with Crippen molar-refractivity contribution in [2.24, 2.45) is 5.92 Å². The molecule has 148 valence electrons. The van der Waals surface area contributed by atoms with Crippen LogP contribution in [0.5, 0.6) is 5.75 Å². The third-order valence-corrected chi connectivity index (χ3v) is 7.12. The number of carbonyl (C=O) groups is 1. The normalized spacial score (nSPS) is 16.1. The largest absolute Gasteiger partial charge is 0.497 e. The highest BCUT2D eigenvalue weighted by atomic mass is 32.1. The van der Waals surface area contributed by atoms with Gasteiger partial charge in [0.2, 0.25) is 0 Å². The first-order valence-corrected chi connectivity index (χ1v) is 11.1. The topological polar surface area (TPSA) is 83.5 Å². The van der Waals surface area contributed by atoms with Crippen LogP contribution in [0.4, 0.5) is 10.8 Å². The number of amides is 1. The molecule has 1 amide bonds. The molecule has 0 spiro atoms. The Kier molecular flexibility index (Phi) is 5.79. The fraction of sp³-hybridized carbons (Fsp3) is 0.400. The smallest absolute Gasteiger partial charge is 0.265 e. The number of hydrogen-bond donors (Lipinski definition) is 3. The number of ether oxygens (including phenoxy) is 1. The van der Waals surface area contributed by atoms with Crippen LogP contribution < -0.4 is 15.4 Å². The minimum Gasteiger partial charge on any atom is -0.497 e. The van der Waals surface area contributed by atoms with Crippen molar-refractivity contribution < 1.29 is 14.6 Å². The van der Waals surface area contributed by atoms with E-state index in [-0.39, 0.29) is 5.91 Å². The third kappa shape index (κ3) is 4.29. The Balaban J connectivity index is 1.40. The Bertz CT molecular complexity index is 914. The Morgan fingerprint density at radius 1 is 1.21 bits per heavy atom. The van der Waals surface area contributed by atoms with Gasteiger partial charge < -0.3 is 20.5 Å². The lowest BCUT2D eigenvalue weighted by Gasteiger charge is -2.26. The van der Waals surface area contributed by atoms with E-state index in [1.165, 1.54) is 41.9 Å². The molecule has 28 heavy (non-hydrogen) atoms. The quantitative estimate of drug-likeness (QED) is 0.495. The summed E-state index contributed by atoms with van der Waals surface area (Å²) < 4.78 is 6.07. The summed E-state index contributed by atoms with van der Waals surface area (Å²) in [6, 6.07) is 9.08. The van der Waals surface area contributed by atoms with Gasteiger partial charge in [-0.1, -0.05) is 30.6 Å². The van der Waals surface area contributed by atoms with E-state index < -0.39 is 6.23 Å². The van der Waals surface area contributed by atoms with Gasteiger partial charge in [0.1, 0.15) is 16.8 Å². The fourth-order valence-corrected chi connectivity index (χ4v) is 5.51. The minimum atomic E-state index is -0.557. The highest BCUT2D eigenvalue weighted by Crippen LogP contribution is 2.35. The number of aliphatic hydroxyl groups excluding tert-OH is 1. The molecule has 3 aromatic rings. The van der Waals surface area contributed by atoms with Gasteiger partial charge >= 0.3 is 0 Å². The zero-order chi connectivity index (χ0) is 19.5. The molecule has 0 aliphatic heterocycles. The van der Waals surface area contributed by atoms with Crippen molar-refractivity contribution in [1.82, 2.24) is 4.98 Å². The van der Waals surface area contributed by atoms with E-state index in [1.807, 2.05) is 6.07 Å². The van der Waals surface area contributed by atoms with Gasteiger partial charge in [0.25, 0.3) is 5.91 Å². The summed E-state index contributed by atoms with van der Waals surface area (Å²) >= 11 is 2.83. The van der Waals surface area contributed by atoms with Crippen molar-refractivity contribution in [2.45, 2.75) is 38.3 Å². The number of rotatable bonds is 6. The standard InChI is InChI=1S/C20H23N3O3S2/c1-26-14-9-7-13(8-10-14)21-18(25)15-11-16-19(27-15)23-20(28-16)22-17(24)12-5-3-2-4-6-12/h7-12,17,24H,2-6H2,1H3,(H,21,25)(H,22,23). The average Bonchev–Trinajstić information content (AvgIpc) is 3.28. The second-order valence-corrected chi connectivity index (χ2v) is 9.03. The van der Waals surface area contributed by atoms with Gasteiger partial charge in [-0.2, -0.15) is 0 Å². The molecule has 6 nitrogen and oxygen atoms in total. The minimum absolute atomic E-state index is 0.155. The molecule has 1 saturated carbocycles. The number of thiophene rings is 1. The number of aromatic nitrogens is 1. The second kappa shape index (κ2) is 8.46. The number of carbonyl (C=O) groups excluding carboxylic acids is 1. The molecule has 1 atom stereocenters. The van der Waals surface area contributed by atoms with Crippen LogP contribution in [-0.2, 0) is 0 Å². The van der Waals surface area contributed by atoms with Crippen molar-refractivity contribution in [3.8, 4) is 5.75 Å². The van der Waals surface area contributed by atoms with Crippen LogP contribution in [0.25, 0.3) is 9.53 Å². The number of anilines is 2. The van der Waals surface area contributed by atoms with E-state index in [0.717, 1.165) is 28.1 Å². The van der Waals surface area contributed by atoms with Crippen molar-refractivity contribution in [1.29, 1.82) is 0 Å². The molecule has 2 heterocycles. The van der Waals surface area contributed by atoms with E-state index in [1.54, 1.807) is 31.4 Å². The van der Waals surface area contributed by atoms with Gasteiger partial charge in [-0.25, -0.2) is 4.98 Å². The molecule has 0 saturated heterocycles. The van der Waals surface area contributed by atoms with Crippen LogP contribution in [0.15, 0.2) is 30.3 Å². The molecule has 1 aliphatic rings. The molecular weight excluding hydrogens is 394 g/mol. The molecular formula is C20H23N3O3S2. The van der Waals surface area contributed by atoms with Crippen molar-refractivity contribution in [2.75, 3.05) is 17.7 Å². The van der Waals surface area contributed by atoms with Gasteiger partial charge in [-0.05, 0) is 43.2 Å². The molecule has 0 bridgehead atoms. The number of aliphatic hydroxyl groups is 1. The number of nitrogens with one attached hydrogen (secondary N) is 2. The molecule has 1 unspecified atom stereocenters. The Labute approximate surface area is 171 Å². The Hall–Kier alpha value is -2.16. The first-order valence-electron chi connectivity index (χ1n) is 9.43. The summed E-state index contributed by atoms with van der Waals surface area (Å²) in [7, 11) is 1.61. The van der Waals surface area contributed by atoms with Crippen LogP contribution in [0.3, 0.4) is 0 Å². The number of methoxy groups -OCH3 is 1. The summed E-state index contributed by atoms with van der Waals surface area (Å²) in [5.74, 6) is 0.882. The number of hydrogen-bond acceptors (Lipinski definition) is 7. The van der Waals surface area contributed by atoms with Crippen LogP contribution in [0.1, 0.15) is 41.8 Å². The summed E-state index contributed by atoms with van der Waals surface area (Å²) in [6.07, 6.45) is 5.19. The maximum absolute atomic E-state index is 12.5. The Morgan fingerprint density at radius 3 is 2.64 bits per heavy atom. The predicted molar refractivity (Wildman–Crippen MR) is 115 cm³/mol. The monoisotopic (exact) mass is 417 g/mol. The third-order valence-electron chi connectivity index (χ3n) is 5.03.